The van der Waals surface area contributed by atoms with Crippen molar-refractivity contribution in [1.29, 1.82) is 0 Å². The molecule has 1 unspecified atom stereocenters. The number of amides is 2. The first kappa shape index (κ1) is 16.5. The van der Waals surface area contributed by atoms with E-state index in [2.05, 4.69) is 20.5 Å². The second kappa shape index (κ2) is 7.49. The van der Waals surface area contributed by atoms with Crippen LogP contribution >= 0.6 is 11.6 Å². The average Bonchev–Trinajstić information content (AvgIpc) is 3.05. The van der Waals surface area contributed by atoms with Crippen LogP contribution in [0.4, 0.5) is 14.9 Å². The Bertz CT molecular complexity index is 713. The third kappa shape index (κ3) is 4.14. The van der Waals surface area contributed by atoms with Crippen molar-refractivity contribution in [3.63, 3.8) is 0 Å². The molecule has 0 radical (unpaired) electrons. The van der Waals surface area contributed by atoms with Crippen LogP contribution in [-0.2, 0) is 6.54 Å². The van der Waals surface area contributed by atoms with Crippen LogP contribution in [0.2, 0.25) is 5.02 Å². The van der Waals surface area contributed by atoms with Gasteiger partial charge in [0.05, 0.1) is 17.3 Å². The molecule has 2 aromatic rings. The van der Waals surface area contributed by atoms with Crippen molar-refractivity contribution in [2.45, 2.75) is 19.0 Å². The second-order valence-corrected chi connectivity index (χ2v) is 6.09. The van der Waals surface area contributed by atoms with E-state index in [0.29, 0.717) is 13.1 Å². The predicted octanol–water partition coefficient (Wildman–Crippen LogP) is 2.95. The number of anilines is 1. The van der Waals surface area contributed by atoms with E-state index in [4.69, 9.17) is 11.6 Å². The van der Waals surface area contributed by atoms with Crippen molar-refractivity contribution < 1.29 is 9.18 Å². The Labute approximate surface area is 144 Å². The molecule has 5 nitrogen and oxygen atoms in total. The molecule has 0 bridgehead atoms. The summed E-state index contributed by atoms with van der Waals surface area (Å²) in [4.78, 5) is 18.2. The van der Waals surface area contributed by atoms with Gasteiger partial charge in [-0.1, -0.05) is 17.7 Å². The van der Waals surface area contributed by atoms with Gasteiger partial charge in [0.1, 0.15) is 5.82 Å². The van der Waals surface area contributed by atoms with E-state index in [0.717, 1.165) is 24.3 Å². The van der Waals surface area contributed by atoms with E-state index in [1.807, 2.05) is 18.2 Å². The molecule has 1 aromatic heterocycles. The van der Waals surface area contributed by atoms with E-state index in [1.165, 1.54) is 6.07 Å². The summed E-state index contributed by atoms with van der Waals surface area (Å²) in [5.41, 5.74) is 1.67. The highest BCUT2D eigenvalue weighted by atomic mass is 35.5. The van der Waals surface area contributed by atoms with Gasteiger partial charge >= 0.3 is 6.03 Å². The van der Waals surface area contributed by atoms with E-state index in [-0.39, 0.29) is 17.1 Å². The van der Waals surface area contributed by atoms with Crippen LogP contribution in [0.25, 0.3) is 0 Å². The maximum Gasteiger partial charge on any atom is 0.315 e. The first-order valence-electron chi connectivity index (χ1n) is 7.76. The van der Waals surface area contributed by atoms with Crippen molar-refractivity contribution in [3.8, 4) is 0 Å². The first-order valence-corrected chi connectivity index (χ1v) is 8.14. The monoisotopic (exact) mass is 348 g/mol. The SMILES string of the molecule is O=C(NCc1ccccn1)NC1CCN(c2ccc(F)c(Cl)c2)C1. The topological polar surface area (TPSA) is 57.3 Å². The highest BCUT2D eigenvalue weighted by Crippen LogP contribution is 2.25. The smallest absolute Gasteiger partial charge is 0.315 e. The molecular formula is C17H18ClFN4O. The summed E-state index contributed by atoms with van der Waals surface area (Å²) in [5, 5.41) is 5.85. The van der Waals surface area contributed by atoms with Crippen LogP contribution < -0.4 is 15.5 Å². The standard InChI is InChI=1S/C17H18ClFN4O/c18-15-9-14(4-5-16(15)19)23-8-6-13(11-23)22-17(24)21-10-12-3-1-2-7-20-12/h1-5,7,9,13H,6,8,10-11H2,(H2,21,22,24). The molecule has 7 heteroatoms. The van der Waals surface area contributed by atoms with Crippen LogP contribution in [0, 0.1) is 5.82 Å². The lowest BCUT2D eigenvalue weighted by molar-refractivity contribution is 0.237. The lowest BCUT2D eigenvalue weighted by Crippen LogP contribution is -2.43. The van der Waals surface area contributed by atoms with Crippen molar-refractivity contribution in [2.75, 3.05) is 18.0 Å². The summed E-state index contributed by atoms with van der Waals surface area (Å²) < 4.78 is 13.2. The molecule has 0 aliphatic carbocycles. The predicted molar refractivity (Wildman–Crippen MR) is 91.6 cm³/mol. The lowest BCUT2D eigenvalue weighted by atomic mass is 10.2. The molecule has 1 aliphatic heterocycles. The molecule has 1 aliphatic rings. The Morgan fingerprint density at radius 2 is 2.25 bits per heavy atom. The summed E-state index contributed by atoms with van der Waals surface area (Å²) in [5.74, 6) is -0.428. The Morgan fingerprint density at radius 3 is 3.00 bits per heavy atom. The number of nitrogens with one attached hydrogen (secondary N) is 2. The summed E-state index contributed by atoms with van der Waals surface area (Å²) in [6, 6.07) is 10.1. The molecule has 126 valence electrons. The zero-order valence-electron chi connectivity index (χ0n) is 13.0. The third-order valence-electron chi connectivity index (χ3n) is 3.95. The number of aromatic nitrogens is 1. The van der Waals surface area contributed by atoms with Gasteiger partial charge in [0.25, 0.3) is 0 Å². The van der Waals surface area contributed by atoms with Gasteiger partial charge < -0.3 is 15.5 Å². The minimum atomic E-state index is -0.428. The molecule has 3 rings (SSSR count). The number of hydrogen-bond donors (Lipinski definition) is 2. The molecule has 24 heavy (non-hydrogen) atoms. The summed E-state index contributed by atoms with van der Waals surface area (Å²) >= 11 is 5.83. The zero-order valence-corrected chi connectivity index (χ0v) is 13.8. The van der Waals surface area contributed by atoms with Gasteiger partial charge in [-0.15, -0.1) is 0 Å². The number of carbonyl (C=O) groups excluding carboxylic acids is 1. The lowest BCUT2D eigenvalue weighted by Gasteiger charge is -2.19. The van der Waals surface area contributed by atoms with Gasteiger partial charge in [-0.25, -0.2) is 9.18 Å². The van der Waals surface area contributed by atoms with Gasteiger partial charge in [0.15, 0.2) is 0 Å². The summed E-state index contributed by atoms with van der Waals surface area (Å²) in [7, 11) is 0. The summed E-state index contributed by atoms with van der Waals surface area (Å²) in [6.45, 7) is 1.84. The molecule has 1 aromatic carbocycles. The number of urea groups is 1. The Morgan fingerprint density at radius 1 is 1.38 bits per heavy atom. The number of benzene rings is 1. The number of carbonyl (C=O) groups is 1. The van der Waals surface area contributed by atoms with Crippen molar-refractivity contribution in [3.05, 3.63) is 59.1 Å². The fourth-order valence-corrected chi connectivity index (χ4v) is 2.88. The molecule has 1 saturated heterocycles. The first-order chi connectivity index (χ1) is 11.6. The largest absolute Gasteiger partial charge is 0.369 e. The van der Waals surface area contributed by atoms with Crippen LogP contribution in [0.5, 0.6) is 0 Å². The van der Waals surface area contributed by atoms with E-state index < -0.39 is 5.82 Å². The maximum atomic E-state index is 13.2. The number of halogens is 2. The van der Waals surface area contributed by atoms with E-state index in [9.17, 15) is 9.18 Å². The van der Waals surface area contributed by atoms with Gasteiger partial charge in [0, 0.05) is 31.0 Å². The highest BCUT2D eigenvalue weighted by Gasteiger charge is 2.24. The number of nitrogens with zero attached hydrogens (tertiary/aromatic N) is 2. The van der Waals surface area contributed by atoms with Crippen molar-refractivity contribution in [2.24, 2.45) is 0 Å². The quantitative estimate of drug-likeness (QED) is 0.893. The normalized spacial score (nSPS) is 16.9. The van der Waals surface area contributed by atoms with Crippen LogP contribution in [-0.4, -0.2) is 30.1 Å². The van der Waals surface area contributed by atoms with Gasteiger partial charge in [-0.3, -0.25) is 4.98 Å². The molecule has 0 saturated carbocycles. The van der Waals surface area contributed by atoms with Crippen LogP contribution in [0.3, 0.4) is 0 Å². The Balaban J connectivity index is 1.48. The molecule has 2 N–H and O–H groups in total. The van der Waals surface area contributed by atoms with Crippen molar-refractivity contribution >= 4 is 23.3 Å². The fourth-order valence-electron chi connectivity index (χ4n) is 2.70. The zero-order chi connectivity index (χ0) is 16.9. The highest BCUT2D eigenvalue weighted by molar-refractivity contribution is 6.31. The molecule has 0 spiro atoms. The number of rotatable bonds is 4. The second-order valence-electron chi connectivity index (χ2n) is 5.68. The molecule has 2 heterocycles. The molecular weight excluding hydrogens is 331 g/mol. The Hall–Kier alpha value is -2.34. The molecule has 1 atom stereocenters. The number of hydrogen-bond acceptors (Lipinski definition) is 3. The van der Waals surface area contributed by atoms with Crippen LogP contribution in [0.1, 0.15) is 12.1 Å². The van der Waals surface area contributed by atoms with Crippen LogP contribution in [0.15, 0.2) is 42.6 Å². The Kier molecular flexibility index (Phi) is 5.15. The minimum absolute atomic E-state index is 0.0394. The maximum absolute atomic E-state index is 13.2. The fraction of sp³-hybridized carbons (Fsp3) is 0.294. The molecule has 2 amide bonds. The number of pyridine rings is 1. The van der Waals surface area contributed by atoms with E-state index in [1.54, 1.807) is 18.3 Å². The average molecular weight is 349 g/mol. The summed E-state index contributed by atoms with van der Waals surface area (Å²) in [6.07, 6.45) is 2.52. The van der Waals surface area contributed by atoms with Gasteiger partial charge in [0.2, 0.25) is 0 Å². The van der Waals surface area contributed by atoms with Gasteiger partial charge in [-0.05, 0) is 36.8 Å². The van der Waals surface area contributed by atoms with Gasteiger partial charge in [-0.2, -0.15) is 0 Å². The third-order valence-corrected chi connectivity index (χ3v) is 4.24. The minimum Gasteiger partial charge on any atom is -0.369 e. The van der Waals surface area contributed by atoms with E-state index >= 15 is 0 Å². The molecule has 1 fully saturated rings. The van der Waals surface area contributed by atoms with Crippen molar-refractivity contribution in [1.82, 2.24) is 15.6 Å².